The molecule has 4 rings (SSSR count). The van der Waals surface area contributed by atoms with Gasteiger partial charge in [-0.1, -0.05) is 18.2 Å². The second-order valence-electron chi connectivity index (χ2n) is 4.31. The Kier molecular flexibility index (Phi) is 1.43. The van der Waals surface area contributed by atoms with Gasteiger partial charge in [-0.3, -0.25) is 0 Å². The van der Waals surface area contributed by atoms with Crippen LogP contribution in [0.4, 0.5) is 5.69 Å². The van der Waals surface area contributed by atoms with E-state index in [1.54, 1.807) is 0 Å². The van der Waals surface area contributed by atoms with Crippen molar-refractivity contribution in [3.8, 4) is 0 Å². The summed E-state index contributed by atoms with van der Waals surface area (Å²) in [6, 6.07) is 12.9. The summed E-state index contributed by atoms with van der Waals surface area (Å²) < 4.78 is 2.30. The summed E-state index contributed by atoms with van der Waals surface area (Å²) in [7, 11) is 0. The molecule has 2 nitrogen and oxygen atoms in total. The summed E-state index contributed by atoms with van der Waals surface area (Å²) in [5.41, 5.74) is 5.43. The monoisotopic (exact) mass is 208 g/mol. The van der Waals surface area contributed by atoms with Crippen LogP contribution in [0.3, 0.4) is 0 Å². The van der Waals surface area contributed by atoms with E-state index in [0.29, 0.717) is 0 Å². The molecular weight excluding hydrogens is 196 g/mol. The van der Waals surface area contributed by atoms with E-state index in [2.05, 4.69) is 52.3 Å². The maximum Gasteiger partial charge on any atom is 0.0727 e. The van der Waals surface area contributed by atoms with Crippen molar-refractivity contribution in [2.24, 2.45) is 0 Å². The zero-order valence-corrected chi connectivity index (χ0v) is 8.90. The molecule has 0 saturated carbocycles. The minimum atomic E-state index is 1.04. The molecule has 1 aliphatic rings. The van der Waals surface area contributed by atoms with E-state index in [-0.39, 0.29) is 0 Å². The summed E-state index contributed by atoms with van der Waals surface area (Å²) in [5, 5.41) is 4.87. The number of para-hydroxylation sites is 1. The van der Waals surface area contributed by atoms with Crippen molar-refractivity contribution in [2.75, 3.05) is 11.9 Å². The third-order valence-corrected chi connectivity index (χ3v) is 3.46. The van der Waals surface area contributed by atoms with Crippen LogP contribution in [0, 0.1) is 0 Å². The molecule has 0 aliphatic carbocycles. The van der Waals surface area contributed by atoms with Crippen LogP contribution in [0.1, 0.15) is 5.56 Å². The second kappa shape index (κ2) is 2.79. The largest absolute Gasteiger partial charge is 0.383 e. The highest BCUT2D eigenvalue weighted by molar-refractivity contribution is 5.97. The Balaban J connectivity index is 2.36. The summed E-state index contributed by atoms with van der Waals surface area (Å²) in [4.78, 5) is 0. The molecule has 0 radical (unpaired) electrons. The molecule has 0 spiro atoms. The first-order valence-electron chi connectivity index (χ1n) is 5.70. The molecule has 0 amide bonds. The van der Waals surface area contributed by atoms with Gasteiger partial charge in [-0.05, 0) is 30.2 Å². The average Bonchev–Trinajstić information content (AvgIpc) is 2.68. The first-order valence-corrected chi connectivity index (χ1v) is 5.70. The zero-order chi connectivity index (χ0) is 10.5. The normalized spacial score (nSPS) is 14.2. The lowest BCUT2D eigenvalue weighted by Gasteiger charge is -2.15. The van der Waals surface area contributed by atoms with Crippen LogP contribution in [0.5, 0.6) is 0 Å². The molecule has 3 aromatic rings. The van der Waals surface area contributed by atoms with Gasteiger partial charge in [-0.2, -0.15) is 0 Å². The molecule has 1 aliphatic heterocycles. The first-order chi connectivity index (χ1) is 7.95. The van der Waals surface area contributed by atoms with Gasteiger partial charge in [0, 0.05) is 18.1 Å². The highest BCUT2D eigenvalue weighted by Crippen LogP contribution is 2.33. The van der Waals surface area contributed by atoms with Gasteiger partial charge in [-0.25, -0.2) is 0 Å². The van der Waals surface area contributed by atoms with Crippen LogP contribution >= 0.6 is 0 Å². The maximum atomic E-state index is 3.47. The van der Waals surface area contributed by atoms with Crippen molar-refractivity contribution in [2.45, 2.75) is 6.42 Å². The average molecular weight is 208 g/mol. The van der Waals surface area contributed by atoms with Crippen molar-refractivity contribution in [1.82, 2.24) is 4.40 Å². The highest BCUT2D eigenvalue weighted by atomic mass is 15.0. The van der Waals surface area contributed by atoms with Gasteiger partial charge in [0.05, 0.1) is 16.7 Å². The lowest BCUT2D eigenvalue weighted by molar-refractivity contribution is 1.01. The summed E-state index contributed by atoms with van der Waals surface area (Å²) in [6.07, 6.45) is 3.27. The Hall–Kier alpha value is -1.96. The lowest BCUT2D eigenvalue weighted by Crippen LogP contribution is -2.11. The number of benzene rings is 1. The van der Waals surface area contributed by atoms with Gasteiger partial charge in [0.15, 0.2) is 0 Å². The van der Waals surface area contributed by atoms with Gasteiger partial charge < -0.3 is 9.72 Å². The minimum absolute atomic E-state index is 1.04. The van der Waals surface area contributed by atoms with Gasteiger partial charge in [0.2, 0.25) is 0 Å². The molecule has 2 aromatic heterocycles. The number of fused-ring (bicyclic) bond motifs is 3. The number of nitrogens with zero attached hydrogens (tertiary/aromatic N) is 1. The second-order valence-corrected chi connectivity index (χ2v) is 4.31. The smallest absolute Gasteiger partial charge is 0.0727 e. The first kappa shape index (κ1) is 8.22. The molecule has 3 heterocycles. The van der Waals surface area contributed by atoms with Crippen molar-refractivity contribution in [3.63, 3.8) is 0 Å². The van der Waals surface area contributed by atoms with Crippen LogP contribution < -0.4 is 5.32 Å². The van der Waals surface area contributed by atoms with Crippen LogP contribution in [0.15, 0.2) is 42.6 Å². The van der Waals surface area contributed by atoms with E-state index in [9.17, 15) is 0 Å². The van der Waals surface area contributed by atoms with Crippen LogP contribution in [-0.2, 0) is 6.42 Å². The van der Waals surface area contributed by atoms with E-state index >= 15 is 0 Å². The van der Waals surface area contributed by atoms with E-state index < -0.39 is 0 Å². The summed E-state index contributed by atoms with van der Waals surface area (Å²) in [6.45, 7) is 1.04. The standard InChI is InChI=1S/C14H12N2/c1-2-6-13-10(4-1)11-7-8-15-12-5-3-9-16(13)14(11)12/h1-6,9,15H,7-8H2. The quantitative estimate of drug-likeness (QED) is 0.600. The van der Waals surface area contributed by atoms with Crippen molar-refractivity contribution in [3.05, 3.63) is 48.2 Å². The molecule has 78 valence electrons. The van der Waals surface area contributed by atoms with E-state index in [1.807, 2.05) is 0 Å². The maximum absolute atomic E-state index is 3.47. The van der Waals surface area contributed by atoms with Gasteiger partial charge >= 0.3 is 0 Å². The third kappa shape index (κ3) is 0.871. The Bertz CT molecular complexity index is 694. The third-order valence-electron chi connectivity index (χ3n) is 3.46. The molecule has 16 heavy (non-hydrogen) atoms. The zero-order valence-electron chi connectivity index (χ0n) is 8.90. The molecular formula is C14H12N2. The summed E-state index contributed by atoms with van der Waals surface area (Å²) >= 11 is 0. The molecule has 0 fully saturated rings. The van der Waals surface area contributed by atoms with E-state index in [0.717, 1.165) is 13.0 Å². The fourth-order valence-electron chi connectivity index (χ4n) is 2.80. The van der Waals surface area contributed by atoms with Gasteiger partial charge in [0.1, 0.15) is 0 Å². The number of hydrogen-bond acceptors (Lipinski definition) is 1. The fraction of sp³-hybridized carbons (Fsp3) is 0.143. The SMILES string of the molecule is c1ccc2c(c1)c1c3c(cccn32)NCC1. The molecule has 2 heteroatoms. The Morgan fingerprint density at radius 2 is 2.00 bits per heavy atom. The Morgan fingerprint density at radius 1 is 1.06 bits per heavy atom. The number of nitrogens with one attached hydrogen (secondary N) is 1. The van der Waals surface area contributed by atoms with Crippen molar-refractivity contribution >= 4 is 22.1 Å². The number of rotatable bonds is 0. The number of anilines is 1. The molecule has 1 aromatic carbocycles. The fourth-order valence-corrected chi connectivity index (χ4v) is 2.80. The van der Waals surface area contributed by atoms with Crippen molar-refractivity contribution < 1.29 is 0 Å². The number of pyridine rings is 1. The summed E-state index contributed by atoms with van der Waals surface area (Å²) in [5.74, 6) is 0. The Morgan fingerprint density at radius 3 is 3.00 bits per heavy atom. The number of aromatic nitrogens is 1. The van der Waals surface area contributed by atoms with Crippen LogP contribution in [0.25, 0.3) is 16.4 Å². The predicted octanol–water partition coefficient (Wildman–Crippen LogP) is 3.06. The highest BCUT2D eigenvalue weighted by Gasteiger charge is 2.17. The molecule has 1 N–H and O–H groups in total. The van der Waals surface area contributed by atoms with Crippen LogP contribution in [0.2, 0.25) is 0 Å². The molecule has 0 bridgehead atoms. The van der Waals surface area contributed by atoms with Crippen molar-refractivity contribution in [1.29, 1.82) is 0 Å². The number of hydrogen-bond donors (Lipinski definition) is 1. The van der Waals surface area contributed by atoms with E-state index in [4.69, 9.17) is 0 Å². The van der Waals surface area contributed by atoms with E-state index in [1.165, 1.54) is 27.7 Å². The Labute approximate surface area is 93.5 Å². The lowest BCUT2D eigenvalue weighted by atomic mass is 10.1. The molecule has 0 saturated heterocycles. The minimum Gasteiger partial charge on any atom is -0.383 e. The molecule has 0 unspecified atom stereocenters. The predicted molar refractivity (Wildman–Crippen MR) is 67.1 cm³/mol. The van der Waals surface area contributed by atoms with Crippen LogP contribution in [-0.4, -0.2) is 10.9 Å². The van der Waals surface area contributed by atoms with Gasteiger partial charge in [-0.15, -0.1) is 0 Å². The topological polar surface area (TPSA) is 16.4 Å². The van der Waals surface area contributed by atoms with Gasteiger partial charge in [0.25, 0.3) is 0 Å². The molecule has 0 atom stereocenters.